The molecule has 1 atom stereocenters. The van der Waals surface area contributed by atoms with Crippen molar-refractivity contribution >= 4 is 17.7 Å². The summed E-state index contributed by atoms with van der Waals surface area (Å²) in [5.74, 6) is 1.87. The third kappa shape index (κ3) is 5.53. The number of carbonyl (C=O) groups is 1. The number of methoxy groups -OCH3 is 1. The molecule has 3 heterocycles. The second kappa shape index (κ2) is 10.7. The number of aromatic nitrogens is 4. The van der Waals surface area contributed by atoms with Crippen LogP contribution in [0, 0.1) is 0 Å². The van der Waals surface area contributed by atoms with Crippen LogP contribution in [0.15, 0.2) is 48.9 Å². The Morgan fingerprint density at radius 2 is 1.97 bits per heavy atom. The van der Waals surface area contributed by atoms with Crippen molar-refractivity contribution in [3.8, 4) is 5.75 Å². The first kappa shape index (κ1) is 22.4. The standard InChI is InChI=1S/C23H27N7O3/c1-33-18-7-5-16(6-8-18)12-26-21-19(22(32)27-14-20-24-9-3-10-25-20)13-28-23(29-21)30-11-2-4-17(30)15-31/h3,5-10,13,17,31H,2,4,11-12,14-15H2,1H3,(H,27,32)(H,26,28,29)/t17-/m0/s1. The number of carbonyl (C=O) groups excluding carboxylic acids is 1. The molecule has 33 heavy (non-hydrogen) atoms. The second-order valence-electron chi connectivity index (χ2n) is 7.65. The van der Waals surface area contributed by atoms with E-state index < -0.39 is 0 Å². The van der Waals surface area contributed by atoms with Gasteiger partial charge in [-0.1, -0.05) is 12.1 Å². The minimum absolute atomic E-state index is 0.0191. The maximum atomic E-state index is 12.9. The number of anilines is 2. The molecule has 172 valence electrons. The molecule has 10 nitrogen and oxygen atoms in total. The maximum Gasteiger partial charge on any atom is 0.256 e. The number of amides is 1. The van der Waals surface area contributed by atoms with Crippen LogP contribution in [-0.4, -0.2) is 57.3 Å². The lowest BCUT2D eigenvalue weighted by Crippen LogP contribution is -2.34. The van der Waals surface area contributed by atoms with E-state index in [1.807, 2.05) is 29.2 Å². The Morgan fingerprint density at radius 3 is 2.70 bits per heavy atom. The van der Waals surface area contributed by atoms with Gasteiger partial charge in [-0.2, -0.15) is 4.98 Å². The fourth-order valence-electron chi connectivity index (χ4n) is 3.71. The van der Waals surface area contributed by atoms with Gasteiger partial charge in [-0.3, -0.25) is 4.79 Å². The molecule has 3 aromatic rings. The van der Waals surface area contributed by atoms with Gasteiger partial charge in [-0.05, 0) is 36.6 Å². The number of nitrogens with one attached hydrogen (secondary N) is 2. The highest BCUT2D eigenvalue weighted by Crippen LogP contribution is 2.25. The molecule has 1 aliphatic heterocycles. The van der Waals surface area contributed by atoms with Crippen molar-refractivity contribution in [1.29, 1.82) is 0 Å². The third-order valence-corrected chi connectivity index (χ3v) is 5.51. The largest absolute Gasteiger partial charge is 0.497 e. The molecule has 3 N–H and O–H groups in total. The number of hydrogen-bond donors (Lipinski definition) is 3. The monoisotopic (exact) mass is 449 g/mol. The van der Waals surface area contributed by atoms with E-state index >= 15 is 0 Å². The summed E-state index contributed by atoms with van der Waals surface area (Å²) in [4.78, 5) is 32.3. The highest BCUT2D eigenvalue weighted by molar-refractivity contribution is 5.98. The summed E-state index contributed by atoms with van der Waals surface area (Å²) in [7, 11) is 1.62. The zero-order valence-electron chi connectivity index (χ0n) is 18.4. The number of rotatable bonds is 9. The third-order valence-electron chi connectivity index (χ3n) is 5.51. The minimum atomic E-state index is -0.327. The van der Waals surface area contributed by atoms with E-state index in [9.17, 15) is 9.90 Å². The Morgan fingerprint density at radius 1 is 1.18 bits per heavy atom. The lowest BCUT2D eigenvalue weighted by Gasteiger charge is -2.24. The molecule has 1 amide bonds. The van der Waals surface area contributed by atoms with Gasteiger partial charge in [0.15, 0.2) is 0 Å². The number of ether oxygens (including phenoxy) is 1. The van der Waals surface area contributed by atoms with Crippen molar-refractivity contribution in [3.05, 3.63) is 65.9 Å². The average molecular weight is 450 g/mol. The van der Waals surface area contributed by atoms with Crippen LogP contribution in [0.3, 0.4) is 0 Å². The Kier molecular flexibility index (Phi) is 7.26. The molecule has 2 aromatic heterocycles. The predicted octanol–water partition coefficient (Wildman–Crippen LogP) is 1.78. The van der Waals surface area contributed by atoms with Crippen molar-refractivity contribution < 1.29 is 14.6 Å². The fourth-order valence-corrected chi connectivity index (χ4v) is 3.71. The molecule has 0 saturated carbocycles. The summed E-state index contributed by atoms with van der Waals surface area (Å²) >= 11 is 0. The number of nitrogens with zero attached hydrogens (tertiary/aromatic N) is 5. The van der Waals surface area contributed by atoms with Crippen molar-refractivity contribution in [2.24, 2.45) is 0 Å². The van der Waals surface area contributed by atoms with Gasteiger partial charge in [0.25, 0.3) is 5.91 Å². The van der Waals surface area contributed by atoms with Crippen LogP contribution in [0.1, 0.15) is 34.6 Å². The van der Waals surface area contributed by atoms with Gasteiger partial charge in [0, 0.05) is 31.7 Å². The lowest BCUT2D eigenvalue weighted by molar-refractivity contribution is 0.0950. The minimum Gasteiger partial charge on any atom is -0.497 e. The van der Waals surface area contributed by atoms with Gasteiger partial charge >= 0.3 is 0 Å². The normalized spacial score (nSPS) is 15.3. The topological polar surface area (TPSA) is 125 Å². The van der Waals surface area contributed by atoms with Gasteiger partial charge in [-0.15, -0.1) is 0 Å². The first-order valence-electron chi connectivity index (χ1n) is 10.8. The first-order valence-corrected chi connectivity index (χ1v) is 10.8. The molecule has 1 aromatic carbocycles. The van der Waals surface area contributed by atoms with E-state index in [1.165, 1.54) is 6.20 Å². The van der Waals surface area contributed by atoms with Crippen molar-refractivity contribution in [2.75, 3.05) is 30.5 Å². The number of aliphatic hydroxyl groups is 1. The number of benzene rings is 1. The highest BCUT2D eigenvalue weighted by Gasteiger charge is 2.27. The Bertz CT molecular complexity index is 1060. The van der Waals surface area contributed by atoms with E-state index in [2.05, 4.69) is 30.6 Å². The van der Waals surface area contributed by atoms with Gasteiger partial charge < -0.3 is 25.4 Å². The molecule has 0 spiro atoms. The summed E-state index contributed by atoms with van der Waals surface area (Å²) in [6.07, 6.45) is 6.62. The number of aliphatic hydroxyl groups excluding tert-OH is 1. The molecule has 0 aliphatic carbocycles. The van der Waals surface area contributed by atoms with Crippen LogP contribution in [0.5, 0.6) is 5.75 Å². The zero-order chi connectivity index (χ0) is 23.0. The zero-order valence-corrected chi connectivity index (χ0v) is 18.4. The molecule has 1 saturated heterocycles. The van der Waals surface area contributed by atoms with Crippen LogP contribution >= 0.6 is 0 Å². The van der Waals surface area contributed by atoms with Gasteiger partial charge in [0.2, 0.25) is 5.95 Å². The van der Waals surface area contributed by atoms with E-state index in [1.54, 1.807) is 25.6 Å². The van der Waals surface area contributed by atoms with E-state index in [0.29, 0.717) is 29.7 Å². The lowest BCUT2D eigenvalue weighted by atomic mass is 10.2. The van der Waals surface area contributed by atoms with Crippen molar-refractivity contribution in [3.63, 3.8) is 0 Å². The van der Waals surface area contributed by atoms with Crippen LogP contribution in [0.25, 0.3) is 0 Å². The molecule has 0 bridgehead atoms. The van der Waals surface area contributed by atoms with Crippen LogP contribution in [-0.2, 0) is 13.1 Å². The summed E-state index contributed by atoms with van der Waals surface area (Å²) in [6.45, 7) is 1.46. The molecule has 0 unspecified atom stereocenters. The quantitative estimate of drug-likeness (QED) is 0.448. The first-order chi connectivity index (χ1) is 16.2. The molecular weight excluding hydrogens is 422 g/mol. The van der Waals surface area contributed by atoms with Gasteiger partial charge in [-0.25, -0.2) is 15.0 Å². The summed E-state index contributed by atoms with van der Waals surface area (Å²) in [5, 5.41) is 15.8. The molecule has 1 aliphatic rings. The molecule has 10 heteroatoms. The second-order valence-corrected chi connectivity index (χ2v) is 7.65. The Hall–Kier alpha value is -3.79. The molecule has 0 radical (unpaired) electrons. The SMILES string of the molecule is COc1ccc(CNc2nc(N3CCC[C@H]3CO)ncc2C(=O)NCc2ncccn2)cc1. The molecule has 4 rings (SSSR count). The van der Waals surface area contributed by atoms with Crippen LogP contribution in [0.4, 0.5) is 11.8 Å². The molecule has 1 fully saturated rings. The maximum absolute atomic E-state index is 12.9. The smallest absolute Gasteiger partial charge is 0.256 e. The average Bonchev–Trinajstić information content (AvgIpc) is 3.36. The van der Waals surface area contributed by atoms with E-state index in [-0.39, 0.29) is 25.1 Å². The van der Waals surface area contributed by atoms with Crippen LogP contribution < -0.4 is 20.3 Å². The predicted molar refractivity (Wildman–Crippen MR) is 123 cm³/mol. The fraction of sp³-hybridized carbons (Fsp3) is 0.348. The summed E-state index contributed by atoms with van der Waals surface area (Å²) in [5.41, 5.74) is 1.33. The van der Waals surface area contributed by atoms with Gasteiger partial charge in [0.05, 0.1) is 26.3 Å². The Labute approximate surface area is 192 Å². The van der Waals surface area contributed by atoms with Crippen LogP contribution in [0.2, 0.25) is 0 Å². The van der Waals surface area contributed by atoms with E-state index in [0.717, 1.165) is 30.7 Å². The summed E-state index contributed by atoms with van der Waals surface area (Å²) < 4.78 is 5.21. The van der Waals surface area contributed by atoms with E-state index in [4.69, 9.17) is 4.74 Å². The van der Waals surface area contributed by atoms with Crippen molar-refractivity contribution in [1.82, 2.24) is 25.3 Å². The van der Waals surface area contributed by atoms with Crippen molar-refractivity contribution in [2.45, 2.75) is 32.0 Å². The summed E-state index contributed by atoms with van der Waals surface area (Å²) in [6, 6.07) is 9.36. The molecular formula is C23H27N7O3. The van der Waals surface area contributed by atoms with Gasteiger partial charge in [0.1, 0.15) is 23.0 Å². The number of hydrogen-bond acceptors (Lipinski definition) is 9. The Balaban J connectivity index is 1.54. The highest BCUT2D eigenvalue weighted by atomic mass is 16.5.